The highest BCUT2D eigenvalue weighted by Gasteiger charge is 2.17. The third-order valence-electron chi connectivity index (χ3n) is 3.12. The summed E-state index contributed by atoms with van der Waals surface area (Å²) in [5, 5.41) is 0. The number of nitrogens with zero attached hydrogens (tertiary/aromatic N) is 1. The van der Waals surface area contributed by atoms with Crippen molar-refractivity contribution in [3.63, 3.8) is 0 Å². The summed E-state index contributed by atoms with van der Waals surface area (Å²) >= 11 is 0. The quantitative estimate of drug-likeness (QED) is 0.838. The lowest BCUT2D eigenvalue weighted by atomic mass is 10.1. The fourth-order valence-electron chi connectivity index (χ4n) is 2.01. The molecule has 1 aromatic rings. The van der Waals surface area contributed by atoms with Gasteiger partial charge in [-0.25, -0.2) is 0 Å². The first-order chi connectivity index (χ1) is 9.08. The predicted molar refractivity (Wildman–Crippen MR) is 73.3 cm³/mol. The predicted octanol–water partition coefficient (Wildman–Crippen LogP) is 1.53. The number of carbonyl (C=O) groups is 1. The Balaban J connectivity index is 2.06. The topological polar surface area (TPSA) is 64.8 Å². The molecule has 1 aromatic carbocycles. The van der Waals surface area contributed by atoms with Crippen LogP contribution in [-0.2, 0) is 4.74 Å². The molecule has 2 N–H and O–H groups in total. The van der Waals surface area contributed by atoms with Gasteiger partial charge in [-0.15, -0.1) is 0 Å². The zero-order valence-electron chi connectivity index (χ0n) is 11.4. The molecule has 0 aromatic heterocycles. The van der Waals surface area contributed by atoms with Gasteiger partial charge < -0.3 is 20.1 Å². The standard InChI is InChI=1S/C14H20N2O3/c1-16(2)14(17)10-5-6-12(15)13(8-10)19-9-11-4-3-7-18-11/h5-6,8,11H,3-4,7,9,15H2,1-2H3. The molecule has 1 aliphatic heterocycles. The molecule has 1 heterocycles. The van der Waals surface area contributed by atoms with Gasteiger partial charge in [-0.3, -0.25) is 4.79 Å². The number of anilines is 1. The van der Waals surface area contributed by atoms with E-state index >= 15 is 0 Å². The molecular formula is C14H20N2O3. The Morgan fingerprint density at radius 3 is 2.95 bits per heavy atom. The van der Waals surface area contributed by atoms with Gasteiger partial charge in [0.1, 0.15) is 12.4 Å². The van der Waals surface area contributed by atoms with E-state index in [4.69, 9.17) is 15.2 Å². The van der Waals surface area contributed by atoms with Gasteiger partial charge in [-0.2, -0.15) is 0 Å². The number of nitrogens with two attached hydrogens (primary N) is 1. The summed E-state index contributed by atoms with van der Waals surface area (Å²) in [6, 6.07) is 5.09. The lowest BCUT2D eigenvalue weighted by Crippen LogP contribution is -2.22. The molecule has 1 fully saturated rings. The highest BCUT2D eigenvalue weighted by atomic mass is 16.5. The number of rotatable bonds is 4. The van der Waals surface area contributed by atoms with Crippen LogP contribution in [0.3, 0.4) is 0 Å². The van der Waals surface area contributed by atoms with Crippen molar-refractivity contribution in [2.45, 2.75) is 18.9 Å². The van der Waals surface area contributed by atoms with Gasteiger partial charge in [0.2, 0.25) is 0 Å². The van der Waals surface area contributed by atoms with Crippen molar-refractivity contribution in [2.75, 3.05) is 33.0 Å². The number of hydrogen-bond acceptors (Lipinski definition) is 4. The van der Waals surface area contributed by atoms with E-state index in [1.54, 1.807) is 32.3 Å². The zero-order valence-corrected chi connectivity index (χ0v) is 11.4. The second-order valence-electron chi connectivity index (χ2n) is 4.90. The molecule has 1 atom stereocenters. The van der Waals surface area contributed by atoms with E-state index < -0.39 is 0 Å². The third-order valence-corrected chi connectivity index (χ3v) is 3.12. The van der Waals surface area contributed by atoms with Crippen LogP contribution >= 0.6 is 0 Å². The van der Waals surface area contributed by atoms with E-state index in [1.807, 2.05) is 0 Å². The SMILES string of the molecule is CN(C)C(=O)c1ccc(N)c(OCC2CCCO2)c1. The van der Waals surface area contributed by atoms with Crippen LogP contribution < -0.4 is 10.5 Å². The Labute approximate surface area is 113 Å². The molecule has 0 spiro atoms. The molecule has 2 rings (SSSR count). The normalized spacial score (nSPS) is 18.3. The Hall–Kier alpha value is -1.75. The Kier molecular flexibility index (Phi) is 4.27. The lowest BCUT2D eigenvalue weighted by Gasteiger charge is -2.15. The number of benzene rings is 1. The molecule has 0 aliphatic carbocycles. The van der Waals surface area contributed by atoms with E-state index in [2.05, 4.69) is 0 Å². The molecule has 0 bridgehead atoms. The first-order valence-corrected chi connectivity index (χ1v) is 6.43. The second-order valence-corrected chi connectivity index (χ2v) is 4.90. The summed E-state index contributed by atoms with van der Waals surface area (Å²) in [4.78, 5) is 13.4. The molecule has 1 saturated heterocycles. The first kappa shape index (κ1) is 13.7. The van der Waals surface area contributed by atoms with Crippen molar-refractivity contribution in [3.8, 4) is 5.75 Å². The number of nitrogen functional groups attached to an aromatic ring is 1. The van der Waals surface area contributed by atoms with Crippen LogP contribution in [0.4, 0.5) is 5.69 Å². The second kappa shape index (κ2) is 5.93. The summed E-state index contributed by atoms with van der Waals surface area (Å²) < 4.78 is 11.2. The van der Waals surface area contributed by atoms with Gasteiger partial charge in [0.05, 0.1) is 11.8 Å². The van der Waals surface area contributed by atoms with Crippen LogP contribution in [0.25, 0.3) is 0 Å². The van der Waals surface area contributed by atoms with Crippen LogP contribution in [0.1, 0.15) is 23.2 Å². The maximum atomic E-state index is 11.9. The van der Waals surface area contributed by atoms with Gasteiger partial charge in [-0.05, 0) is 31.0 Å². The molecule has 1 aliphatic rings. The van der Waals surface area contributed by atoms with Gasteiger partial charge >= 0.3 is 0 Å². The monoisotopic (exact) mass is 264 g/mol. The van der Waals surface area contributed by atoms with Crippen LogP contribution in [0.2, 0.25) is 0 Å². The van der Waals surface area contributed by atoms with Crippen molar-refractivity contribution >= 4 is 11.6 Å². The maximum absolute atomic E-state index is 11.9. The highest BCUT2D eigenvalue weighted by Crippen LogP contribution is 2.24. The molecule has 5 heteroatoms. The van der Waals surface area contributed by atoms with Crippen LogP contribution in [0.15, 0.2) is 18.2 Å². The van der Waals surface area contributed by atoms with Crippen molar-refractivity contribution in [2.24, 2.45) is 0 Å². The molecular weight excluding hydrogens is 244 g/mol. The van der Waals surface area contributed by atoms with Crippen molar-refractivity contribution < 1.29 is 14.3 Å². The number of carbonyl (C=O) groups excluding carboxylic acids is 1. The van der Waals surface area contributed by atoms with E-state index in [0.717, 1.165) is 19.4 Å². The van der Waals surface area contributed by atoms with Crippen molar-refractivity contribution in [3.05, 3.63) is 23.8 Å². The van der Waals surface area contributed by atoms with E-state index in [1.165, 1.54) is 4.90 Å². The minimum absolute atomic E-state index is 0.0676. The molecule has 0 radical (unpaired) electrons. The number of hydrogen-bond donors (Lipinski definition) is 1. The summed E-state index contributed by atoms with van der Waals surface area (Å²) in [5.41, 5.74) is 6.97. The van der Waals surface area contributed by atoms with Gasteiger partial charge in [-0.1, -0.05) is 0 Å². The van der Waals surface area contributed by atoms with Crippen molar-refractivity contribution in [1.29, 1.82) is 0 Å². The molecule has 1 unspecified atom stereocenters. The third kappa shape index (κ3) is 3.38. The smallest absolute Gasteiger partial charge is 0.253 e. The molecule has 104 valence electrons. The minimum atomic E-state index is -0.0676. The van der Waals surface area contributed by atoms with Crippen LogP contribution in [-0.4, -0.2) is 44.2 Å². The zero-order chi connectivity index (χ0) is 13.8. The molecule has 5 nitrogen and oxygen atoms in total. The van der Waals surface area contributed by atoms with Crippen LogP contribution in [0.5, 0.6) is 5.75 Å². The van der Waals surface area contributed by atoms with Crippen LogP contribution in [0, 0.1) is 0 Å². The van der Waals surface area contributed by atoms with E-state index in [0.29, 0.717) is 23.6 Å². The average molecular weight is 264 g/mol. The molecule has 0 saturated carbocycles. The van der Waals surface area contributed by atoms with E-state index in [-0.39, 0.29) is 12.0 Å². The average Bonchev–Trinajstić information content (AvgIpc) is 2.90. The van der Waals surface area contributed by atoms with Crippen molar-refractivity contribution in [1.82, 2.24) is 4.90 Å². The number of amides is 1. The molecule has 1 amide bonds. The number of ether oxygens (including phenoxy) is 2. The van der Waals surface area contributed by atoms with Gasteiger partial charge in [0, 0.05) is 26.3 Å². The van der Waals surface area contributed by atoms with Gasteiger partial charge in [0.25, 0.3) is 5.91 Å². The van der Waals surface area contributed by atoms with Gasteiger partial charge in [0.15, 0.2) is 0 Å². The lowest BCUT2D eigenvalue weighted by molar-refractivity contribution is 0.0681. The summed E-state index contributed by atoms with van der Waals surface area (Å²) in [6.45, 7) is 1.27. The largest absolute Gasteiger partial charge is 0.489 e. The fourth-order valence-corrected chi connectivity index (χ4v) is 2.01. The summed E-state index contributed by atoms with van der Waals surface area (Å²) in [7, 11) is 3.43. The summed E-state index contributed by atoms with van der Waals surface area (Å²) in [5.74, 6) is 0.477. The summed E-state index contributed by atoms with van der Waals surface area (Å²) in [6.07, 6.45) is 2.21. The maximum Gasteiger partial charge on any atom is 0.253 e. The Morgan fingerprint density at radius 1 is 1.53 bits per heavy atom. The molecule has 19 heavy (non-hydrogen) atoms. The fraction of sp³-hybridized carbons (Fsp3) is 0.500. The van der Waals surface area contributed by atoms with E-state index in [9.17, 15) is 4.79 Å². The Morgan fingerprint density at radius 2 is 2.32 bits per heavy atom. The highest BCUT2D eigenvalue weighted by molar-refractivity contribution is 5.94. The first-order valence-electron chi connectivity index (χ1n) is 6.43. The Bertz CT molecular complexity index is 454. The minimum Gasteiger partial charge on any atom is -0.489 e.